The number of thiophene rings is 1. The molecule has 0 spiro atoms. The third-order valence-corrected chi connectivity index (χ3v) is 8.60. The average molecular weight is 546 g/mol. The van der Waals surface area contributed by atoms with Gasteiger partial charge in [-0.3, -0.25) is 4.99 Å². The minimum atomic E-state index is 0.445. The molecule has 0 fully saturated rings. The molecule has 7 aromatic rings. The Bertz CT molecular complexity index is 2070. The van der Waals surface area contributed by atoms with Gasteiger partial charge in [0.15, 0.2) is 5.84 Å². The highest BCUT2D eigenvalue weighted by molar-refractivity contribution is 7.26. The zero-order valence-electron chi connectivity index (χ0n) is 22.4. The SMILES string of the molecule is NC(=NC(=NCc1ccccc1)c1cccc(-c2cccc3c2ccc2c4ccccc4sc32)c1)c1ccccc1. The van der Waals surface area contributed by atoms with E-state index in [-0.39, 0.29) is 0 Å². The number of rotatable bonds is 5. The summed E-state index contributed by atoms with van der Waals surface area (Å²) in [5.41, 5.74) is 11.7. The van der Waals surface area contributed by atoms with Gasteiger partial charge < -0.3 is 5.73 Å². The second kappa shape index (κ2) is 10.8. The van der Waals surface area contributed by atoms with Gasteiger partial charge >= 0.3 is 0 Å². The molecule has 0 aliphatic heterocycles. The van der Waals surface area contributed by atoms with E-state index in [2.05, 4.69) is 91.0 Å². The summed E-state index contributed by atoms with van der Waals surface area (Å²) in [5, 5.41) is 5.13. The highest BCUT2D eigenvalue weighted by Gasteiger charge is 2.13. The van der Waals surface area contributed by atoms with Crippen LogP contribution in [0.5, 0.6) is 0 Å². The molecule has 2 N–H and O–H groups in total. The third kappa shape index (κ3) is 4.90. The molecule has 0 saturated carbocycles. The van der Waals surface area contributed by atoms with E-state index in [9.17, 15) is 0 Å². The second-order valence-corrected chi connectivity index (χ2v) is 11.1. The number of benzene rings is 6. The van der Waals surface area contributed by atoms with Crippen LogP contribution in [0.25, 0.3) is 42.1 Å². The van der Waals surface area contributed by atoms with Crippen LogP contribution in [-0.4, -0.2) is 11.7 Å². The molecule has 0 atom stereocenters. The van der Waals surface area contributed by atoms with E-state index in [4.69, 9.17) is 15.7 Å². The van der Waals surface area contributed by atoms with Crippen LogP contribution in [0.15, 0.2) is 150 Å². The van der Waals surface area contributed by atoms with Gasteiger partial charge in [-0.25, -0.2) is 4.99 Å². The van der Waals surface area contributed by atoms with Crippen LogP contribution < -0.4 is 5.73 Å². The molecule has 7 rings (SSSR count). The summed E-state index contributed by atoms with van der Waals surface area (Å²) in [4.78, 5) is 9.78. The molecule has 0 aliphatic rings. The zero-order chi connectivity index (χ0) is 27.6. The van der Waals surface area contributed by atoms with Crippen molar-refractivity contribution >= 4 is 54.0 Å². The van der Waals surface area contributed by atoms with Crippen molar-refractivity contribution in [1.29, 1.82) is 0 Å². The van der Waals surface area contributed by atoms with Crippen LogP contribution in [0.2, 0.25) is 0 Å². The van der Waals surface area contributed by atoms with Crippen molar-refractivity contribution in [3.63, 3.8) is 0 Å². The minimum Gasteiger partial charge on any atom is -0.383 e. The van der Waals surface area contributed by atoms with Crippen LogP contribution in [0, 0.1) is 0 Å². The minimum absolute atomic E-state index is 0.445. The van der Waals surface area contributed by atoms with Gasteiger partial charge in [0.25, 0.3) is 0 Å². The van der Waals surface area contributed by atoms with Gasteiger partial charge in [0, 0.05) is 36.7 Å². The number of nitrogens with two attached hydrogens (primary N) is 1. The van der Waals surface area contributed by atoms with Crippen molar-refractivity contribution in [2.75, 3.05) is 0 Å². The lowest BCUT2D eigenvalue weighted by Gasteiger charge is -2.11. The fourth-order valence-electron chi connectivity index (χ4n) is 5.35. The molecule has 0 saturated heterocycles. The maximum atomic E-state index is 6.48. The molecule has 1 aromatic heterocycles. The highest BCUT2D eigenvalue weighted by atomic mass is 32.1. The number of hydrogen-bond donors (Lipinski definition) is 1. The molecule has 0 amide bonds. The smallest absolute Gasteiger partial charge is 0.157 e. The van der Waals surface area contributed by atoms with Crippen LogP contribution in [0.4, 0.5) is 0 Å². The van der Waals surface area contributed by atoms with Crippen molar-refractivity contribution in [3.8, 4) is 11.1 Å². The fourth-order valence-corrected chi connectivity index (χ4v) is 6.58. The molecule has 6 aromatic carbocycles. The van der Waals surface area contributed by atoms with Crippen LogP contribution in [-0.2, 0) is 6.54 Å². The summed E-state index contributed by atoms with van der Waals surface area (Å²) in [6, 6.07) is 48.3. The lowest BCUT2D eigenvalue weighted by atomic mass is 9.95. The maximum absolute atomic E-state index is 6.48. The monoisotopic (exact) mass is 545 g/mol. The summed E-state index contributed by atoms with van der Waals surface area (Å²) in [7, 11) is 0. The van der Waals surface area contributed by atoms with Gasteiger partial charge in [0.2, 0.25) is 0 Å². The quantitative estimate of drug-likeness (QED) is 0.170. The zero-order valence-corrected chi connectivity index (χ0v) is 23.2. The predicted octanol–water partition coefficient (Wildman–Crippen LogP) is 9.23. The molecular weight excluding hydrogens is 518 g/mol. The number of nitrogens with zero attached hydrogens (tertiary/aromatic N) is 2. The second-order valence-electron chi connectivity index (χ2n) is 10.0. The van der Waals surface area contributed by atoms with Crippen LogP contribution >= 0.6 is 11.3 Å². The largest absolute Gasteiger partial charge is 0.383 e. The fraction of sp³-hybridized carbons (Fsp3) is 0.0270. The Balaban J connectivity index is 1.34. The molecule has 1 heterocycles. The van der Waals surface area contributed by atoms with Crippen molar-refractivity contribution in [1.82, 2.24) is 0 Å². The molecular formula is C37H27N3S. The molecule has 0 aliphatic carbocycles. The van der Waals surface area contributed by atoms with E-state index < -0.39 is 0 Å². The normalized spacial score (nSPS) is 12.4. The van der Waals surface area contributed by atoms with Gasteiger partial charge in [-0.05, 0) is 34.2 Å². The van der Waals surface area contributed by atoms with Crippen LogP contribution in [0.1, 0.15) is 16.7 Å². The van der Waals surface area contributed by atoms with E-state index in [1.54, 1.807) is 0 Å². The molecule has 4 heteroatoms. The molecule has 0 bridgehead atoms. The Morgan fingerprint density at radius 1 is 0.585 bits per heavy atom. The Kier molecular flexibility index (Phi) is 6.59. The van der Waals surface area contributed by atoms with Crippen LogP contribution in [0.3, 0.4) is 0 Å². The Morgan fingerprint density at radius 2 is 1.24 bits per heavy atom. The van der Waals surface area contributed by atoms with E-state index in [1.165, 1.54) is 36.5 Å². The van der Waals surface area contributed by atoms with Gasteiger partial charge in [-0.1, -0.05) is 127 Å². The van der Waals surface area contributed by atoms with E-state index in [0.29, 0.717) is 18.2 Å². The maximum Gasteiger partial charge on any atom is 0.157 e. The van der Waals surface area contributed by atoms with Gasteiger partial charge in [0.05, 0.1) is 6.54 Å². The first-order valence-corrected chi connectivity index (χ1v) is 14.5. The number of aliphatic imine (C=N–C) groups is 2. The van der Waals surface area contributed by atoms with Gasteiger partial charge in [0.1, 0.15) is 5.84 Å². The third-order valence-electron chi connectivity index (χ3n) is 7.38. The van der Waals surface area contributed by atoms with Crippen molar-refractivity contribution in [2.45, 2.75) is 6.54 Å². The van der Waals surface area contributed by atoms with E-state index >= 15 is 0 Å². The van der Waals surface area contributed by atoms with Crippen molar-refractivity contribution < 1.29 is 0 Å². The van der Waals surface area contributed by atoms with Gasteiger partial charge in [-0.2, -0.15) is 0 Å². The summed E-state index contributed by atoms with van der Waals surface area (Å²) >= 11 is 1.86. The molecule has 196 valence electrons. The van der Waals surface area contributed by atoms with Crippen molar-refractivity contribution in [2.24, 2.45) is 15.7 Å². The lowest BCUT2D eigenvalue weighted by Crippen LogP contribution is -2.16. The molecule has 41 heavy (non-hydrogen) atoms. The summed E-state index contributed by atoms with van der Waals surface area (Å²) in [5.74, 6) is 1.06. The summed E-state index contributed by atoms with van der Waals surface area (Å²) < 4.78 is 2.64. The first kappa shape index (κ1) is 24.9. The molecule has 3 nitrogen and oxygen atoms in total. The Hall–Kier alpha value is -5.06. The number of hydrogen-bond acceptors (Lipinski definition) is 2. The van der Waals surface area contributed by atoms with Gasteiger partial charge in [-0.15, -0.1) is 11.3 Å². The topological polar surface area (TPSA) is 50.7 Å². The number of amidine groups is 2. The molecule has 0 unspecified atom stereocenters. The first-order valence-electron chi connectivity index (χ1n) is 13.7. The first-order chi connectivity index (χ1) is 20.2. The highest BCUT2D eigenvalue weighted by Crippen LogP contribution is 2.40. The van der Waals surface area contributed by atoms with E-state index in [1.807, 2.05) is 59.9 Å². The van der Waals surface area contributed by atoms with Crippen molar-refractivity contribution in [3.05, 3.63) is 156 Å². The molecule has 0 radical (unpaired) electrons. The summed E-state index contributed by atoms with van der Waals surface area (Å²) in [6.07, 6.45) is 0. The number of fused-ring (bicyclic) bond motifs is 5. The standard InChI is InChI=1S/C37H27N3S/c38-36(26-13-5-2-6-14-26)40-37(39-24-25-11-3-1-4-12-25)28-16-9-15-27(23-28)29-18-10-19-32-30(29)21-22-33-31-17-7-8-20-34(31)41-35(32)33/h1-23H,24H2,(H2,38,39,40). The Labute approximate surface area is 243 Å². The summed E-state index contributed by atoms with van der Waals surface area (Å²) in [6.45, 7) is 0.518. The average Bonchev–Trinajstić information content (AvgIpc) is 3.43. The Morgan fingerprint density at radius 3 is 2.10 bits per heavy atom. The van der Waals surface area contributed by atoms with E-state index in [0.717, 1.165) is 22.3 Å². The lowest BCUT2D eigenvalue weighted by molar-refractivity contribution is 1.06. The predicted molar refractivity (Wildman–Crippen MR) is 176 cm³/mol.